The predicted molar refractivity (Wildman–Crippen MR) is 81.0 cm³/mol. The summed E-state index contributed by atoms with van der Waals surface area (Å²) in [6.07, 6.45) is 2.80. The number of hydrogen-bond donors (Lipinski definition) is 2. The number of fused-ring (bicyclic) bond motifs is 1. The molecule has 0 saturated heterocycles. The van der Waals surface area contributed by atoms with E-state index in [9.17, 15) is 0 Å². The number of nitrogens with two attached hydrogens (primary N) is 1. The van der Waals surface area contributed by atoms with Gasteiger partial charge in [-0.1, -0.05) is 18.2 Å². The van der Waals surface area contributed by atoms with Crippen LogP contribution in [0.1, 0.15) is 5.69 Å². The zero-order valence-electron chi connectivity index (χ0n) is 10.7. The van der Waals surface area contributed by atoms with Crippen LogP contribution in [-0.4, -0.2) is 21.3 Å². The van der Waals surface area contributed by atoms with Crippen LogP contribution in [0.15, 0.2) is 34.9 Å². The highest BCUT2D eigenvalue weighted by atomic mass is 79.9. The lowest BCUT2D eigenvalue weighted by Gasteiger charge is -2.01. The molecule has 4 nitrogen and oxygen atoms in total. The lowest BCUT2D eigenvalue weighted by molar-refractivity contribution is 0.745. The Morgan fingerprint density at radius 2 is 2.16 bits per heavy atom. The molecule has 0 saturated carbocycles. The summed E-state index contributed by atoms with van der Waals surface area (Å²) >= 11 is 3.66. The zero-order chi connectivity index (χ0) is 13.4. The van der Waals surface area contributed by atoms with E-state index >= 15 is 0 Å². The largest absolute Gasteiger partial charge is 0.360 e. The van der Waals surface area contributed by atoms with Crippen molar-refractivity contribution in [3.63, 3.8) is 0 Å². The van der Waals surface area contributed by atoms with Crippen LogP contribution < -0.4 is 5.73 Å². The summed E-state index contributed by atoms with van der Waals surface area (Å²) in [7, 11) is 1.96. The Kier molecular flexibility index (Phi) is 3.16. The molecule has 0 bridgehead atoms. The van der Waals surface area contributed by atoms with E-state index in [2.05, 4.69) is 38.1 Å². The number of para-hydroxylation sites is 1. The van der Waals surface area contributed by atoms with Gasteiger partial charge >= 0.3 is 0 Å². The van der Waals surface area contributed by atoms with Crippen molar-refractivity contribution in [2.45, 2.75) is 6.42 Å². The summed E-state index contributed by atoms with van der Waals surface area (Å²) in [4.78, 5) is 3.30. The second kappa shape index (κ2) is 4.83. The maximum absolute atomic E-state index is 5.62. The number of aromatic amines is 1. The minimum Gasteiger partial charge on any atom is -0.360 e. The monoisotopic (exact) mass is 318 g/mol. The van der Waals surface area contributed by atoms with Gasteiger partial charge in [-0.05, 0) is 28.5 Å². The molecule has 0 atom stereocenters. The number of nitrogens with one attached hydrogen (secondary N) is 1. The average Bonchev–Trinajstić information content (AvgIpc) is 2.93. The first-order valence-electron chi connectivity index (χ1n) is 6.20. The second-order valence-electron chi connectivity index (χ2n) is 4.52. The zero-order valence-corrected chi connectivity index (χ0v) is 12.2. The standard InChI is InChI=1S/C14H15BrN4/c1-19-14(13(15)12(18-19)6-7-16)10-8-17-11-5-3-2-4-9(10)11/h2-5,8,17H,6-7,16H2,1H3. The fraction of sp³-hybridized carbons (Fsp3) is 0.214. The van der Waals surface area contributed by atoms with E-state index in [1.165, 1.54) is 5.39 Å². The fourth-order valence-corrected chi connectivity index (χ4v) is 3.16. The van der Waals surface area contributed by atoms with E-state index in [0.717, 1.165) is 33.4 Å². The van der Waals surface area contributed by atoms with Crippen LogP contribution in [0.2, 0.25) is 0 Å². The van der Waals surface area contributed by atoms with Gasteiger partial charge in [-0.25, -0.2) is 0 Å². The highest BCUT2D eigenvalue weighted by Crippen LogP contribution is 2.35. The Balaban J connectivity index is 2.21. The van der Waals surface area contributed by atoms with Gasteiger partial charge in [-0.2, -0.15) is 5.10 Å². The summed E-state index contributed by atoms with van der Waals surface area (Å²) in [6.45, 7) is 0.600. The van der Waals surface area contributed by atoms with Gasteiger partial charge in [-0.15, -0.1) is 0 Å². The number of hydrogen-bond acceptors (Lipinski definition) is 2. The molecule has 0 aliphatic rings. The quantitative estimate of drug-likeness (QED) is 0.780. The predicted octanol–water partition coefficient (Wildman–Crippen LogP) is 2.83. The van der Waals surface area contributed by atoms with Gasteiger partial charge in [0.05, 0.1) is 15.9 Å². The van der Waals surface area contributed by atoms with Crippen molar-refractivity contribution in [3.8, 4) is 11.3 Å². The van der Waals surface area contributed by atoms with Crippen LogP contribution in [0.3, 0.4) is 0 Å². The van der Waals surface area contributed by atoms with Gasteiger partial charge < -0.3 is 10.7 Å². The van der Waals surface area contributed by atoms with E-state index in [4.69, 9.17) is 5.73 Å². The van der Waals surface area contributed by atoms with Gasteiger partial charge in [0, 0.05) is 36.1 Å². The molecule has 2 aromatic heterocycles. The highest BCUT2D eigenvalue weighted by Gasteiger charge is 2.17. The Morgan fingerprint density at radius 3 is 2.95 bits per heavy atom. The Bertz CT molecular complexity index is 726. The lowest BCUT2D eigenvalue weighted by Crippen LogP contribution is -2.04. The Labute approximate surface area is 119 Å². The molecule has 1 aromatic carbocycles. The molecule has 0 aliphatic heterocycles. The van der Waals surface area contributed by atoms with Crippen molar-refractivity contribution in [1.29, 1.82) is 0 Å². The summed E-state index contributed by atoms with van der Waals surface area (Å²) < 4.78 is 2.94. The van der Waals surface area contributed by atoms with Crippen molar-refractivity contribution >= 4 is 26.8 Å². The average molecular weight is 319 g/mol. The van der Waals surface area contributed by atoms with Crippen molar-refractivity contribution in [1.82, 2.24) is 14.8 Å². The van der Waals surface area contributed by atoms with Gasteiger partial charge in [0.15, 0.2) is 0 Å². The third kappa shape index (κ3) is 1.99. The van der Waals surface area contributed by atoms with E-state index in [1.807, 2.05) is 30.1 Å². The maximum atomic E-state index is 5.62. The lowest BCUT2D eigenvalue weighted by atomic mass is 10.1. The van der Waals surface area contributed by atoms with Crippen LogP contribution in [0.5, 0.6) is 0 Å². The van der Waals surface area contributed by atoms with Gasteiger partial charge in [0.25, 0.3) is 0 Å². The number of halogens is 1. The molecule has 0 spiro atoms. The van der Waals surface area contributed by atoms with Crippen LogP contribution in [0.25, 0.3) is 22.2 Å². The maximum Gasteiger partial charge on any atom is 0.0845 e. The second-order valence-corrected chi connectivity index (χ2v) is 5.31. The van der Waals surface area contributed by atoms with Crippen molar-refractivity contribution in [2.24, 2.45) is 12.8 Å². The molecule has 19 heavy (non-hydrogen) atoms. The Morgan fingerprint density at radius 1 is 1.37 bits per heavy atom. The molecule has 3 aromatic rings. The molecule has 3 rings (SSSR count). The molecule has 5 heteroatoms. The molecular weight excluding hydrogens is 304 g/mol. The van der Waals surface area contributed by atoms with E-state index in [0.29, 0.717) is 6.54 Å². The number of H-pyrrole nitrogens is 1. The summed E-state index contributed by atoms with van der Waals surface area (Å²) in [5, 5.41) is 5.74. The van der Waals surface area contributed by atoms with Crippen molar-refractivity contribution < 1.29 is 0 Å². The molecule has 0 radical (unpaired) electrons. The number of nitrogens with zero attached hydrogens (tertiary/aromatic N) is 2. The first-order valence-corrected chi connectivity index (χ1v) is 6.99. The SMILES string of the molecule is Cn1nc(CCN)c(Br)c1-c1c[nH]c2ccccc12. The smallest absolute Gasteiger partial charge is 0.0845 e. The van der Waals surface area contributed by atoms with Crippen LogP contribution in [0, 0.1) is 0 Å². The minimum atomic E-state index is 0.600. The Hall–Kier alpha value is -1.59. The molecule has 0 amide bonds. The summed E-state index contributed by atoms with van der Waals surface area (Å²) in [6, 6.07) is 8.26. The topological polar surface area (TPSA) is 59.6 Å². The third-order valence-electron chi connectivity index (χ3n) is 3.28. The summed E-state index contributed by atoms with van der Waals surface area (Å²) in [5.41, 5.74) is 9.99. The van der Waals surface area contributed by atoms with E-state index in [-0.39, 0.29) is 0 Å². The first kappa shape index (κ1) is 12.4. The van der Waals surface area contributed by atoms with Gasteiger partial charge in [-0.3, -0.25) is 4.68 Å². The molecule has 0 fully saturated rings. The summed E-state index contributed by atoms with van der Waals surface area (Å²) in [5.74, 6) is 0. The normalized spacial score (nSPS) is 11.3. The molecule has 3 N–H and O–H groups in total. The molecular formula is C14H15BrN4. The molecule has 0 unspecified atom stereocenters. The number of aryl methyl sites for hydroxylation is 1. The van der Waals surface area contributed by atoms with Crippen LogP contribution >= 0.6 is 15.9 Å². The van der Waals surface area contributed by atoms with Crippen molar-refractivity contribution in [3.05, 3.63) is 40.6 Å². The third-order valence-corrected chi connectivity index (χ3v) is 4.11. The molecule has 2 heterocycles. The minimum absolute atomic E-state index is 0.600. The van der Waals surface area contributed by atoms with E-state index in [1.54, 1.807) is 0 Å². The van der Waals surface area contributed by atoms with Crippen LogP contribution in [-0.2, 0) is 13.5 Å². The molecule has 0 aliphatic carbocycles. The van der Waals surface area contributed by atoms with E-state index < -0.39 is 0 Å². The fourth-order valence-electron chi connectivity index (χ4n) is 2.41. The highest BCUT2D eigenvalue weighted by molar-refractivity contribution is 9.10. The van der Waals surface area contributed by atoms with Crippen molar-refractivity contribution in [2.75, 3.05) is 6.54 Å². The van der Waals surface area contributed by atoms with Crippen LogP contribution in [0.4, 0.5) is 0 Å². The van der Waals surface area contributed by atoms with Gasteiger partial charge in [0.1, 0.15) is 0 Å². The first-order chi connectivity index (χ1) is 9.22. The van der Waals surface area contributed by atoms with Gasteiger partial charge in [0.2, 0.25) is 0 Å². The molecule has 98 valence electrons. The number of rotatable bonds is 3. The number of aromatic nitrogens is 3. The number of benzene rings is 1.